The maximum Gasteiger partial charge on any atom is 0.270 e. The third-order valence-electron chi connectivity index (χ3n) is 11.2. The molecule has 2 aromatic carbocycles. The standard InChI is InChI=1S/C39H40FN11O4/c40-29-21-48(25-17-50(18-25)26-19-49(20-26)24-8-11-30(42-16-24)38(53)45-31-12-13-33(52)46-39(31)54)15-14-32(29)51-37-34(36(41)43-22-44-37)35(47-51)23-6-9-28(10-7-23)55-27-4-2-1-3-5-27/h1-11,16,22,25-26,29,31-32H,12-15,17-21H2,(H,45,53)(H2,41,43,44)(H,46,52,54)/t29-,31?,32+/m0/s1. The molecule has 3 aromatic heterocycles. The molecule has 4 N–H and O–H groups in total. The highest BCUT2D eigenvalue weighted by molar-refractivity contribution is 6.03. The Labute approximate surface area is 315 Å². The van der Waals surface area contributed by atoms with Gasteiger partial charge in [-0.1, -0.05) is 18.2 Å². The largest absolute Gasteiger partial charge is 0.457 e. The number of rotatable bonds is 9. The fraction of sp³-hybridized carbons (Fsp3) is 0.359. The Kier molecular flexibility index (Phi) is 9.06. The van der Waals surface area contributed by atoms with Gasteiger partial charge < -0.3 is 20.7 Å². The van der Waals surface area contributed by atoms with Crippen LogP contribution in [0.3, 0.4) is 0 Å². The summed E-state index contributed by atoms with van der Waals surface area (Å²) in [5, 5.41) is 10.4. The summed E-state index contributed by atoms with van der Waals surface area (Å²) in [6, 6.07) is 20.1. The van der Waals surface area contributed by atoms with E-state index in [1.54, 1.807) is 16.9 Å². The summed E-state index contributed by atoms with van der Waals surface area (Å²) >= 11 is 0. The lowest BCUT2D eigenvalue weighted by atomic mass is 9.95. The fourth-order valence-electron chi connectivity index (χ4n) is 7.94. The number of nitrogens with one attached hydrogen (secondary N) is 2. The highest BCUT2D eigenvalue weighted by Crippen LogP contribution is 2.37. The van der Waals surface area contributed by atoms with Crippen LogP contribution in [0, 0.1) is 0 Å². The number of carbonyl (C=O) groups excluding carboxylic acids is 3. The van der Waals surface area contributed by atoms with Gasteiger partial charge in [0.1, 0.15) is 47.2 Å². The number of alkyl halides is 1. The van der Waals surface area contributed by atoms with Crippen molar-refractivity contribution in [2.24, 2.45) is 0 Å². The maximum absolute atomic E-state index is 16.1. The first-order valence-corrected chi connectivity index (χ1v) is 18.6. The van der Waals surface area contributed by atoms with Gasteiger partial charge in [-0.2, -0.15) is 5.10 Å². The van der Waals surface area contributed by atoms with Gasteiger partial charge in [-0.15, -0.1) is 0 Å². The number of likely N-dealkylation sites (tertiary alicyclic amines) is 2. The summed E-state index contributed by atoms with van der Waals surface area (Å²) in [4.78, 5) is 56.0. The third-order valence-corrected chi connectivity index (χ3v) is 11.2. The van der Waals surface area contributed by atoms with E-state index < -0.39 is 30.1 Å². The predicted octanol–water partition coefficient (Wildman–Crippen LogP) is 2.96. The zero-order valence-corrected chi connectivity index (χ0v) is 29.9. The number of anilines is 2. The van der Waals surface area contributed by atoms with Gasteiger partial charge >= 0.3 is 0 Å². The Bertz CT molecular complexity index is 2220. The molecular weight excluding hydrogens is 706 g/mol. The van der Waals surface area contributed by atoms with E-state index in [0.717, 1.165) is 49.7 Å². The summed E-state index contributed by atoms with van der Waals surface area (Å²) in [5.41, 5.74) is 9.44. The van der Waals surface area contributed by atoms with E-state index in [-0.39, 0.29) is 30.5 Å². The van der Waals surface area contributed by atoms with Crippen molar-refractivity contribution in [2.45, 2.75) is 49.6 Å². The van der Waals surface area contributed by atoms with Gasteiger partial charge in [-0.3, -0.25) is 29.5 Å². The van der Waals surface area contributed by atoms with Crippen LogP contribution in [0.15, 0.2) is 79.3 Å². The zero-order chi connectivity index (χ0) is 37.6. The predicted molar refractivity (Wildman–Crippen MR) is 201 cm³/mol. The average Bonchev–Trinajstić information content (AvgIpc) is 3.54. The van der Waals surface area contributed by atoms with Gasteiger partial charge in [0.25, 0.3) is 5.91 Å². The number of hydrogen-bond donors (Lipinski definition) is 3. The van der Waals surface area contributed by atoms with Crippen LogP contribution in [0.1, 0.15) is 35.8 Å². The lowest BCUT2D eigenvalue weighted by Crippen LogP contribution is -2.70. The number of piperidine rings is 2. The van der Waals surface area contributed by atoms with Crippen molar-refractivity contribution in [3.8, 4) is 22.8 Å². The molecule has 1 unspecified atom stereocenters. The lowest BCUT2D eigenvalue weighted by Gasteiger charge is -2.55. The molecule has 55 heavy (non-hydrogen) atoms. The molecule has 3 atom stereocenters. The molecule has 7 heterocycles. The monoisotopic (exact) mass is 745 g/mol. The van der Waals surface area contributed by atoms with Gasteiger partial charge in [-0.05, 0) is 61.4 Å². The number of amides is 3. The number of nitrogen functional groups attached to an aromatic ring is 1. The number of carbonyl (C=O) groups is 3. The van der Waals surface area contributed by atoms with Crippen molar-refractivity contribution in [1.82, 2.24) is 45.2 Å². The second-order valence-electron chi connectivity index (χ2n) is 14.6. The summed E-state index contributed by atoms with van der Waals surface area (Å²) < 4.78 is 23.8. The molecule has 4 saturated heterocycles. The number of aromatic nitrogens is 5. The summed E-state index contributed by atoms with van der Waals surface area (Å²) in [6.07, 6.45) is 2.98. The molecular formula is C39H40FN11O4. The molecule has 9 rings (SSSR count). The normalized spacial score (nSPS) is 22.6. The number of para-hydroxylation sites is 1. The third kappa shape index (κ3) is 6.82. The van der Waals surface area contributed by atoms with Crippen LogP contribution in [-0.2, 0) is 9.59 Å². The molecule has 4 aliphatic heterocycles. The van der Waals surface area contributed by atoms with E-state index in [0.29, 0.717) is 47.3 Å². The van der Waals surface area contributed by atoms with Gasteiger partial charge in [0, 0.05) is 63.3 Å². The number of imide groups is 1. The lowest BCUT2D eigenvalue weighted by molar-refractivity contribution is -0.134. The number of nitrogens with zero attached hydrogens (tertiary/aromatic N) is 8. The first-order chi connectivity index (χ1) is 26.8. The number of ether oxygens (including phenoxy) is 1. The van der Waals surface area contributed by atoms with Crippen LogP contribution < -0.4 is 26.0 Å². The number of pyridine rings is 1. The molecule has 4 fully saturated rings. The number of nitrogens with two attached hydrogens (primary N) is 1. The SMILES string of the molecule is Nc1ncnc2c1c(-c1ccc(Oc3ccccc3)cc1)nn2[C@@H]1CCN(C2CN(C3CN(c4ccc(C(=O)NC5CCC(=O)NC5=O)nc4)C3)C2)C[C@@H]1F. The molecule has 4 aliphatic rings. The minimum absolute atomic E-state index is 0.187. The first kappa shape index (κ1) is 34.7. The van der Waals surface area contributed by atoms with Crippen LogP contribution >= 0.6 is 0 Å². The minimum atomic E-state index is -1.14. The maximum atomic E-state index is 16.1. The second-order valence-corrected chi connectivity index (χ2v) is 14.6. The molecule has 0 bridgehead atoms. The number of benzene rings is 2. The van der Waals surface area contributed by atoms with Crippen LogP contribution in [0.2, 0.25) is 0 Å². The van der Waals surface area contributed by atoms with Gasteiger partial charge in [0.2, 0.25) is 11.8 Å². The Morgan fingerprint density at radius 1 is 0.873 bits per heavy atom. The zero-order valence-electron chi connectivity index (χ0n) is 29.9. The highest BCUT2D eigenvalue weighted by Gasteiger charge is 2.44. The van der Waals surface area contributed by atoms with E-state index in [4.69, 9.17) is 15.6 Å². The summed E-state index contributed by atoms with van der Waals surface area (Å²) in [7, 11) is 0. The molecule has 16 heteroatoms. The molecule has 0 radical (unpaired) electrons. The molecule has 5 aromatic rings. The number of hydrogen-bond acceptors (Lipinski definition) is 12. The molecule has 282 valence electrons. The smallest absolute Gasteiger partial charge is 0.270 e. The summed E-state index contributed by atoms with van der Waals surface area (Å²) in [6.45, 7) is 4.52. The Morgan fingerprint density at radius 2 is 1.64 bits per heavy atom. The van der Waals surface area contributed by atoms with Crippen molar-refractivity contribution >= 4 is 40.3 Å². The average molecular weight is 746 g/mol. The number of halogens is 1. The van der Waals surface area contributed by atoms with E-state index in [1.807, 2.05) is 60.7 Å². The highest BCUT2D eigenvalue weighted by atomic mass is 19.1. The van der Waals surface area contributed by atoms with E-state index in [2.05, 4.69) is 40.3 Å². The van der Waals surface area contributed by atoms with Gasteiger partial charge in [0.15, 0.2) is 5.65 Å². The summed E-state index contributed by atoms with van der Waals surface area (Å²) in [5.74, 6) is 0.442. The quantitative estimate of drug-likeness (QED) is 0.189. The van der Waals surface area contributed by atoms with Crippen LogP contribution in [0.5, 0.6) is 11.5 Å². The Morgan fingerprint density at radius 3 is 2.36 bits per heavy atom. The van der Waals surface area contributed by atoms with Crippen LogP contribution in [-0.4, -0.2) is 116 Å². The van der Waals surface area contributed by atoms with Crippen molar-refractivity contribution in [3.05, 3.63) is 84.9 Å². The Balaban J connectivity index is 0.779. The number of fused-ring (bicyclic) bond motifs is 1. The van der Waals surface area contributed by atoms with Crippen LogP contribution in [0.4, 0.5) is 15.9 Å². The van der Waals surface area contributed by atoms with Gasteiger partial charge in [0.05, 0.1) is 23.3 Å². The van der Waals surface area contributed by atoms with E-state index >= 15 is 4.39 Å². The van der Waals surface area contributed by atoms with E-state index in [1.165, 1.54) is 6.33 Å². The van der Waals surface area contributed by atoms with E-state index in [9.17, 15) is 14.4 Å². The van der Waals surface area contributed by atoms with Crippen molar-refractivity contribution in [2.75, 3.05) is 49.9 Å². The minimum Gasteiger partial charge on any atom is -0.457 e. The first-order valence-electron chi connectivity index (χ1n) is 18.6. The van der Waals surface area contributed by atoms with Crippen molar-refractivity contribution in [3.63, 3.8) is 0 Å². The topological polar surface area (TPSA) is 177 Å². The van der Waals surface area contributed by atoms with Crippen molar-refractivity contribution < 1.29 is 23.5 Å². The Hall–Kier alpha value is -6.00. The van der Waals surface area contributed by atoms with Crippen molar-refractivity contribution in [1.29, 1.82) is 0 Å². The molecule has 0 spiro atoms. The molecule has 3 amide bonds. The molecule has 0 aliphatic carbocycles. The molecule has 0 saturated carbocycles. The molecule has 15 nitrogen and oxygen atoms in total. The fourth-order valence-corrected chi connectivity index (χ4v) is 7.94. The van der Waals surface area contributed by atoms with Gasteiger partial charge in [-0.25, -0.2) is 24.0 Å². The van der Waals surface area contributed by atoms with Crippen LogP contribution in [0.25, 0.3) is 22.3 Å². The second kappa shape index (κ2) is 14.3.